The Morgan fingerprint density at radius 3 is 2.69 bits per heavy atom. The first-order valence-electron chi connectivity index (χ1n) is 9.94. The predicted molar refractivity (Wildman–Crippen MR) is 119 cm³/mol. The molecule has 0 N–H and O–H groups in total. The van der Waals surface area contributed by atoms with Gasteiger partial charge in [0.1, 0.15) is 5.82 Å². The van der Waals surface area contributed by atoms with Gasteiger partial charge in [0.05, 0.1) is 31.2 Å². The second kappa shape index (κ2) is 8.28. The van der Waals surface area contributed by atoms with Crippen LogP contribution < -0.4 is 0 Å². The highest BCUT2D eigenvalue weighted by Gasteiger charge is 2.26. The molecule has 0 saturated carbocycles. The Hall–Kier alpha value is -1.57. The molecule has 1 aliphatic rings. The van der Waals surface area contributed by atoms with Crippen LogP contribution >= 0.6 is 15.9 Å². The molecule has 0 amide bonds. The van der Waals surface area contributed by atoms with Gasteiger partial charge in [-0.15, -0.1) is 0 Å². The molecule has 1 saturated heterocycles. The van der Waals surface area contributed by atoms with Gasteiger partial charge in [0.2, 0.25) is 0 Å². The van der Waals surface area contributed by atoms with Crippen molar-refractivity contribution in [3.8, 4) is 0 Å². The van der Waals surface area contributed by atoms with Gasteiger partial charge in [0, 0.05) is 42.5 Å². The van der Waals surface area contributed by atoms with Crippen molar-refractivity contribution in [3.05, 3.63) is 47.0 Å². The summed E-state index contributed by atoms with van der Waals surface area (Å²) in [6.07, 6.45) is 5.51. The predicted octanol–water partition coefficient (Wildman–Crippen LogP) is 5.08. The van der Waals surface area contributed by atoms with E-state index in [2.05, 4.69) is 52.3 Å². The number of nitrogens with zero attached hydrogens (tertiary/aromatic N) is 3. The lowest BCUT2D eigenvalue weighted by molar-refractivity contribution is 0.0611. The average molecular weight is 476 g/mol. The van der Waals surface area contributed by atoms with E-state index in [0.29, 0.717) is 5.92 Å². The number of ether oxygens (including phenoxy) is 1. The Kier molecular flexibility index (Phi) is 5.91. The smallest absolute Gasteiger partial charge is 0.115 e. The maximum absolute atomic E-state index is 13.1. The van der Waals surface area contributed by atoms with Crippen LogP contribution in [-0.4, -0.2) is 32.0 Å². The third-order valence-corrected chi connectivity index (χ3v) is 7.65. The van der Waals surface area contributed by atoms with Crippen LogP contribution in [0.1, 0.15) is 39.4 Å². The average Bonchev–Trinajstić information content (AvgIpc) is 3.07. The van der Waals surface area contributed by atoms with Gasteiger partial charge in [-0.05, 0) is 59.0 Å². The summed E-state index contributed by atoms with van der Waals surface area (Å²) < 4.78 is 21.8. The second-order valence-electron chi connectivity index (χ2n) is 8.58. The molecular formula is C22H26BrN3O2S. The molecule has 0 spiro atoms. The van der Waals surface area contributed by atoms with Crippen molar-refractivity contribution in [1.82, 2.24) is 14.5 Å². The number of halogens is 1. The molecule has 7 heteroatoms. The number of hydrogen-bond acceptors (Lipinski definition) is 4. The number of rotatable bonds is 4. The molecule has 0 aliphatic carbocycles. The zero-order valence-corrected chi connectivity index (χ0v) is 19.4. The molecule has 1 unspecified atom stereocenters. The quantitative estimate of drug-likeness (QED) is 0.527. The van der Waals surface area contributed by atoms with E-state index in [9.17, 15) is 4.21 Å². The lowest BCUT2D eigenvalue weighted by atomic mass is 9.94. The molecule has 2 aromatic heterocycles. The van der Waals surface area contributed by atoms with Crippen LogP contribution in [0.4, 0.5) is 0 Å². The summed E-state index contributed by atoms with van der Waals surface area (Å²) in [4.78, 5) is 10.5. The van der Waals surface area contributed by atoms with Crippen molar-refractivity contribution in [1.29, 1.82) is 0 Å². The monoisotopic (exact) mass is 475 g/mol. The minimum atomic E-state index is -1.29. The molecule has 0 radical (unpaired) electrons. The third-order valence-electron chi connectivity index (χ3n) is 5.32. The van der Waals surface area contributed by atoms with E-state index in [1.807, 2.05) is 12.1 Å². The fourth-order valence-electron chi connectivity index (χ4n) is 3.81. The van der Waals surface area contributed by atoms with Gasteiger partial charge in [0.15, 0.2) is 0 Å². The summed E-state index contributed by atoms with van der Waals surface area (Å²) in [6.45, 7) is 9.22. The molecule has 1 aliphatic heterocycles. The largest absolute Gasteiger partial charge is 0.381 e. The van der Waals surface area contributed by atoms with E-state index in [1.54, 1.807) is 18.5 Å². The van der Waals surface area contributed by atoms with Gasteiger partial charge < -0.3 is 9.30 Å². The normalized spacial score (nSPS) is 17.0. The number of benzene rings is 1. The molecule has 1 atom stereocenters. The minimum Gasteiger partial charge on any atom is -0.381 e. The Morgan fingerprint density at radius 2 is 2.00 bits per heavy atom. The van der Waals surface area contributed by atoms with Crippen molar-refractivity contribution in [2.24, 2.45) is 5.92 Å². The van der Waals surface area contributed by atoms with Crippen molar-refractivity contribution >= 4 is 37.8 Å². The van der Waals surface area contributed by atoms with Gasteiger partial charge in [-0.25, -0.2) is 9.19 Å². The molecule has 4 rings (SSSR count). The Bertz CT molecular complexity index is 1050. The Labute approximate surface area is 182 Å². The second-order valence-corrected chi connectivity index (χ2v) is 10.9. The Morgan fingerprint density at radius 1 is 1.24 bits per heavy atom. The van der Waals surface area contributed by atoms with Crippen molar-refractivity contribution in [2.75, 3.05) is 13.2 Å². The third kappa shape index (κ3) is 4.32. The number of aromatic nitrogens is 3. The molecular weight excluding hydrogens is 450 g/mol. The zero-order valence-electron chi connectivity index (χ0n) is 17.0. The van der Waals surface area contributed by atoms with E-state index >= 15 is 0 Å². The minimum absolute atomic E-state index is 0.0718. The summed E-state index contributed by atoms with van der Waals surface area (Å²) in [6, 6.07) is 7.78. The first-order valence-corrected chi connectivity index (χ1v) is 11.9. The maximum Gasteiger partial charge on any atom is 0.115 e. The number of imidazole rings is 1. The highest BCUT2D eigenvalue weighted by Crippen LogP contribution is 2.31. The Balaban J connectivity index is 1.75. The van der Waals surface area contributed by atoms with Gasteiger partial charge in [-0.3, -0.25) is 4.98 Å². The van der Waals surface area contributed by atoms with Crippen LogP contribution in [0, 0.1) is 5.92 Å². The maximum atomic E-state index is 13.1. The molecule has 1 aromatic carbocycles. The number of pyridine rings is 1. The molecule has 29 heavy (non-hydrogen) atoms. The standard InChI is InChI=1S/C22H26BrN3O2S/c1-22(2,3)21-25-18-12-16(29(27)20-6-9-24-13-17(20)23)4-5-19(18)26(21)14-15-7-10-28-11-8-15/h4-6,9,12-13,15H,7-8,10-11,14H2,1-3H3. The van der Waals surface area contributed by atoms with Crippen LogP contribution in [0.25, 0.3) is 11.0 Å². The van der Waals surface area contributed by atoms with Crippen LogP contribution in [0.5, 0.6) is 0 Å². The van der Waals surface area contributed by atoms with E-state index in [4.69, 9.17) is 9.72 Å². The fourth-order valence-corrected chi connectivity index (χ4v) is 5.58. The van der Waals surface area contributed by atoms with E-state index in [1.165, 1.54) is 0 Å². The zero-order chi connectivity index (χ0) is 20.6. The SMILES string of the molecule is CC(C)(C)c1nc2cc(S(=O)c3ccncc3Br)ccc2n1CC1CCOCC1. The number of fused-ring (bicyclic) bond motifs is 1. The lowest BCUT2D eigenvalue weighted by Gasteiger charge is -2.26. The van der Waals surface area contributed by atoms with E-state index in [-0.39, 0.29) is 5.41 Å². The van der Waals surface area contributed by atoms with Gasteiger partial charge in [-0.2, -0.15) is 0 Å². The van der Waals surface area contributed by atoms with Crippen LogP contribution in [-0.2, 0) is 27.5 Å². The van der Waals surface area contributed by atoms with Gasteiger partial charge >= 0.3 is 0 Å². The van der Waals surface area contributed by atoms with Crippen LogP contribution in [0.15, 0.2) is 50.9 Å². The van der Waals surface area contributed by atoms with Crippen molar-refractivity contribution < 1.29 is 8.95 Å². The highest BCUT2D eigenvalue weighted by atomic mass is 79.9. The molecule has 3 heterocycles. The van der Waals surface area contributed by atoms with Crippen molar-refractivity contribution in [3.63, 3.8) is 0 Å². The molecule has 3 aromatic rings. The van der Waals surface area contributed by atoms with Crippen molar-refractivity contribution in [2.45, 2.75) is 55.4 Å². The molecule has 1 fully saturated rings. The van der Waals surface area contributed by atoms with Crippen LogP contribution in [0.2, 0.25) is 0 Å². The van der Waals surface area contributed by atoms with Crippen LogP contribution in [0.3, 0.4) is 0 Å². The summed E-state index contributed by atoms with van der Waals surface area (Å²) in [5, 5.41) is 0. The first-order chi connectivity index (χ1) is 13.8. The summed E-state index contributed by atoms with van der Waals surface area (Å²) in [5.74, 6) is 1.68. The topological polar surface area (TPSA) is 57.0 Å². The summed E-state index contributed by atoms with van der Waals surface area (Å²) in [5.41, 5.74) is 1.94. The molecule has 154 valence electrons. The lowest BCUT2D eigenvalue weighted by Crippen LogP contribution is -2.25. The fraction of sp³-hybridized carbons (Fsp3) is 0.455. The first kappa shape index (κ1) is 20.7. The highest BCUT2D eigenvalue weighted by molar-refractivity contribution is 9.10. The van der Waals surface area contributed by atoms with Gasteiger partial charge in [0.25, 0.3) is 0 Å². The summed E-state index contributed by atoms with van der Waals surface area (Å²) in [7, 11) is -1.29. The molecule has 5 nitrogen and oxygen atoms in total. The molecule has 0 bridgehead atoms. The van der Waals surface area contributed by atoms with E-state index in [0.717, 1.165) is 63.7 Å². The van der Waals surface area contributed by atoms with Gasteiger partial charge in [-0.1, -0.05) is 20.8 Å². The number of hydrogen-bond donors (Lipinski definition) is 0. The van der Waals surface area contributed by atoms with E-state index < -0.39 is 10.8 Å². The summed E-state index contributed by atoms with van der Waals surface area (Å²) >= 11 is 3.46.